The number of hydrogen-bond donors (Lipinski definition) is 1. The average Bonchev–Trinajstić information content (AvgIpc) is 2.91. The number of amides is 1. The number of halogens is 1. The molecule has 1 aliphatic heterocycles. The molecule has 5 heteroatoms. The van der Waals surface area contributed by atoms with Crippen LogP contribution < -0.4 is 5.32 Å². The van der Waals surface area contributed by atoms with Gasteiger partial charge in [0.15, 0.2) is 0 Å². The van der Waals surface area contributed by atoms with Gasteiger partial charge in [-0.15, -0.1) is 0 Å². The Bertz CT molecular complexity index is 461. The molecule has 0 unspecified atom stereocenters. The molecule has 1 aliphatic rings. The van der Waals surface area contributed by atoms with Gasteiger partial charge < -0.3 is 10.1 Å². The number of hydrogen-bond acceptors (Lipinski definition) is 3. The Kier molecular flexibility index (Phi) is 5.86. The number of thioether (sulfide) groups is 1. The topological polar surface area (TPSA) is 38.3 Å². The van der Waals surface area contributed by atoms with Crippen molar-refractivity contribution in [3.05, 3.63) is 35.1 Å². The highest BCUT2D eigenvalue weighted by atomic mass is 32.2. The maximum absolute atomic E-state index is 13.2. The molecule has 0 radical (unpaired) electrons. The molecule has 1 atom stereocenters. The van der Waals surface area contributed by atoms with Gasteiger partial charge in [0.25, 0.3) is 0 Å². The van der Waals surface area contributed by atoms with Crippen molar-refractivity contribution in [2.75, 3.05) is 12.9 Å². The van der Waals surface area contributed by atoms with Crippen molar-refractivity contribution in [1.29, 1.82) is 0 Å². The first-order valence-corrected chi connectivity index (χ1v) is 8.23. The Balaban J connectivity index is 1.87. The molecule has 20 heavy (non-hydrogen) atoms. The summed E-state index contributed by atoms with van der Waals surface area (Å²) in [6.07, 6.45) is 4.45. The van der Waals surface area contributed by atoms with E-state index in [0.29, 0.717) is 13.0 Å². The van der Waals surface area contributed by atoms with E-state index in [-0.39, 0.29) is 17.8 Å². The highest BCUT2D eigenvalue weighted by Gasteiger charge is 2.18. The second kappa shape index (κ2) is 7.64. The molecule has 3 nitrogen and oxygen atoms in total. The summed E-state index contributed by atoms with van der Waals surface area (Å²) in [6, 6.07) is 4.72. The lowest BCUT2D eigenvalue weighted by Crippen LogP contribution is -2.27. The molecule has 1 fully saturated rings. The molecule has 1 amide bonds. The van der Waals surface area contributed by atoms with Crippen LogP contribution in [0.3, 0.4) is 0 Å². The molecule has 2 rings (SSSR count). The van der Waals surface area contributed by atoms with E-state index in [9.17, 15) is 9.18 Å². The molecular formula is C15H20FNO2S. The van der Waals surface area contributed by atoms with E-state index in [1.54, 1.807) is 17.8 Å². The summed E-state index contributed by atoms with van der Waals surface area (Å²) in [5.74, 6) is 0.508. The van der Waals surface area contributed by atoms with E-state index in [0.717, 1.165) is 36.3 Å². The van der Waals surface area contributed by atoms with Gasteiger partial charge in [0, 0.05) is 18.9 Å². The summed E-state index contributed by atoms with van der Waals surface area (Å²) in [7, 11) is 0. The maximum atomic E-state index is 13.2. The fourth-order valence-electron chi connectivity index (χ4n) is 2.33. The largest absolute Gasteiger partial charge is 0.378 e. The number of nitrogens with one attached hydrogen (secondary N) is 1. The third kappa shape index (κ3) is 4.49. The lowest BCUT2D eigenvalue weighted by Gasteiger charge is -2.12. The first-order valence-electron chi connectivity index (χ1n) is 6.83. The van der Waals surface area contributed by atoms with E-state index < -0.39 is 0 Å². The van der Waals surface area contributed by atoms with E-state index in [1.165, 1.54) is 12.1 Å². The molecule has 110 valence electrons. The van der Waals surface area contributed by atoms with Crippen molar-refractivity contribution < 1.29 is 13.9 Å². The van der Waals surface area contributed by atoms with Crippen LogP contribution in [0.4, 0.5) is 4.39 Å². The van der Waals surface area contributed by atoms with Gasteiger partial charge in [-0.25, -0.2) is 4.39 Å². The first kappa shape index (κ1) is 15.3. The van der Waals surface area contributed by atoms with Crippen molar-refractivity contribution >= 4 is 17.7 Å². The van der Waals surface area contributed by atoms with Crippen LogP contribution in [0.15, 0.2) is 18.2 Å². The quantitative estimate of drug-likeness (QED) is 0.877. The molecule has 1 saturated heterocycles. The van der Waals surface area contributed by atoms with Crippen LogP contribution in [0, 0.1) is 5.82 Å². The van der Waals surface area contributed by atoms with Crippen LogP contribution in [0.25, 0.3) is 0 Å². The Labute approximate surface area is 123 Å². The van der Waals surface area contributed by atoms with Gasteiger partial charge in [0.2, 0.25) is 5.91 Å². The van der Waals surface area contributed by atoms with Crippen molar-refractivity contribution in [2.24, 2.45) is 0 Å². The van der Waals surface area contributed by atoms with Gasteiger partial charge in [0.1, 0.15) is 5.82 Å². The fraction of sp³-hybridized carbons (Fsp3) is 0.533. The van der Waals surface area contributed by atoms with E-state index >= 15 is 0 Å². The molecule has 1 aromatic rings. The molecule has 1 aromatic carbocycles. The minimum absolute atomic E-state index is 0.00340. The van der Waals surface area contributed by atoms with Crippen molar-refractivity contribution in [3.8, 4) is 0 Å². The summed E-state index contributed by atoms with van der Waals surface area (Å²) in [5.41, 5.74) is 1.91. The number of rotatable bonds is 6. The highest BCUT2D eigenvalue weighted by molar-refractivity contribution is 7.97. The summed E-state index contributed by atoms with van der Waals surface area (Å²) in [4.78, 5) is 11.8. The van der Waals surface area contributed by atoms with Crippen molar-refractivity contribution in [1.82, 2.24) is 5.32 Å². The number of ether oxygens (including phenoxy) is 1. The lowest BCUT2D eigenvalue weighted by molar-refractivity contribution is -0.123. The number of benzene rings is 1. The van der Waals surface area contributed by atoms with Gasteiger partial charge >= 0.3 is 0 Å². The summed E-state index contributed by atoms with van der Waals surface area (Å²) < 4.78 is 18.7. The second-order valence-electron chi connectivity index (χ2n) is 4.96. The number of carbonyl (C=O) groups is 1. The maximum Gasteiger partial charge on any atom is 0.222 e. The first-order chi connectivity index (χ1) is 9.69. The molecule has 1 heterocycles. The Morgan fingerprint density at radius 1 is 1.50 bits per heavy atom. The van der Waals surface area contributed by atoms with E-state index in [2.05, 4.69) is 5.32 Å². The monoisotopic (exact) mass is 297 g/mol. The standard InChI is InChI=1S/C15H20FNO2S/c1-20-10-12-7-13(16)5-4-11(12)9-17-15(18)8-14-3-2-6-19-14/h4-5,7,14H,2-3,6,8-10H2,1H3,(H,17,18)/t14-/m0/s1. The summed E-state index contributed by atoms with van der Waals surface area (Å²) >= 11 is 1.64. The molecule has 0 bridgehead atoms. The zero-order valence-electron chi connectivity index (χ0n) is 11.7. The average molecular weight is 297 g/mol. The molecule has 0 aliphatic carbocycles. The highest BCUT2D eigenvalue weighted by Crippen LogP contribution is 2.17. The van der Waals surface area contributed by atoms with Crippen LogP contribution in [0.2, 0.25) is 0 Å². The van der Waals surface area contributed by atoms with Crippen LogP contribution >= 0.6 is 11.8 Å². The van der Waals surface area contributed by atoms with Crippen LogP contribution in [0.1, 0.15) is 30.4 Å². The van der Waals surface area contributed by atoms with E-state index in [1.807, 2.05) is 6.26 Å². The van der Waals surface area contributed by atoms with Gasteiger partial charge in [0.05, 0.1) is 12.5 Å². The lowest BCUT2D eigenvalue weighted by atomic mass is 10.1. The van der Waals surface area contributed by atoms with Gasteiger partial charge in [-0.1, -0.05) is 6.07 Å². The predicted molar refractivity (Wildman–Crippen MR) is 79.1 cm³/mol. The van der Waals surface area contributed by atoms with Gasteiger partial charge in [-0.05, 0) is 42.4 Å². The fourth-order valence-corrected chi connectivity index (χ4v) is 2.91. The Morgan fingerprint density at radius 3 is 3.05 bits per heavy atom. The third-order valence-corrected chi connectivity index (χ3v) is 3.98. The minimum atomic E-state index is -0.233. The van der Waals surface area contributed by atoms with Gasteiger partial charge in [-0.3, -0.25) is 4.79 Å². The molecular weight excluding hydrogens is 277 g/mol. The summed E-state index contributed by atoms with van der Waals surface area (Å²) in [6.45, 7) is 1.20. The molecule has 0 spiro atoms. The Hall–Kier alpha value is -1.07. The normalized spacial score (nSPS) is 18.2. The summed E-state index contributed by atoms with van der Waals surface area (Å²) in [5, 5.41) is 2.89. The second-order valence-corrected chi connectivity index (χ2v) is 5.83. The molecule has 0 aromatic heterocycles. The molecule has 0 saturated carbocycles. The zero-order valence-corrected chi connectivity index (χ0v) is 12.5. The van der Waals surface area contributed by atoms with Crippen molar-refractivity contribution in [3.63, 3.8) is 0 Å². The number of carbonyl (C=O) groups excluding carboxylic acids is 1. The van der Waals surface area contributed by atoms with Crippen molar-refractivity contribution in [2.45, 2.75) is 37.7 Å². The minimum Gasteiger partial charge on any atom is -0.378 e. The predicted octanol–water partition coefficient (Wildman–Crippen LogP) is 2.87. The molecule has 1 N–H and O–H groups in total. The van der Waals surface area contributed by atoms with Crippen LogP contribution in [-0.2, 0) is 21.8 Å². The zero-order chi connectivity index (χ0) is 14.4. The van der Waals surface area contributed by atoms with E-state index in [4.69, 9.17) is 4.74 Å². The van der Waals surface area contributed by atoms with Crippen LogP contribution in [-0.4, -0.2) is 24.9 Å². The SMILES string of the molecule is CSCc1cc(F)ccc1CNC(=O)C[C@@H]1CCCO1. The van der Waals surface area contributed by atoms with Crippen LogP contribution in [0.5, 0.6) is 0 Å². The third-order valence-electron chi connectivity index (χ3n) is 3.38. The Morgan fingerprint density at radius 2 is 2.35 bits per heavy atom. The van der Waals surface area contributed by atoms with Gasteiger partial charge in [-0.2, -0.15) is 11.8 Å². The smallest absolute Gasteiger partial charge is 0.222 e.